The number of amides is 3. The number of benzene rings is 2. The monoisotopic (exact) mass is 476 g/mol. The van der Waals surface area contributed by atoms with Crippen molar-refractivity contribution in [3.05, 3.63) is 46.5 Å². The Hall–Kier alpha value is -2.45. The summed E-state index contributed by atoms with van der Waals surface area (Å²) in [5.74, 6) is -1.71. The zero-order valence-electron chi connectivity index (χ0n) is 17.5. The molecule has 1 aliphatic heterocycles. The van der Waals surface area contributed by atoms with Crippen LogP contribution in [-0.4, -0.2) is 40.2 Å². The third kappa shape index (κ3) is 3.40. The molecule has 0 radical (unpaired) electrons. The predicted octanol–water partition coefficient (Wildman–Crippen LogP) is 3.23. The van der Waals surface area contributed by atoms with Gasteiger partial charge in [0.05, 0.1) is 22.7 Å². The Kier molecular flexibility index (Phi) is 6.95. The van der Waals surface area contributed by atoms with Crippen LogP contribution in [0.25, 0.3) is 21.8 Å². The number of imide groups is 3. The third-order valence-corrected chi connectivity index (χ3v) is 6.37. The number of rotatable bonds is 5. The van der Waals surface area contributed by atoms with Gasteiger partial charge >= 0.3 is 0 Å². The summed E-state index contributed by atoms with van der Waals surface area (Å²) in [6.07, 6.45) is 4.31. The van der Waals surface area contributed by atoms with Crippen molar-refractivity contribution in [2.45, 2.75) is 44.6 Å². The average molecular weight is 477 g/mol. The molecule has 2 aromatic carbocycles. The number of nitrogens with one attached hydrogen (secondary N) is 1. The summed E-state index contributed by atoms with van der Waals surface area (Å²) in [4.78, 5) is 44.0. The quantitative estimate of drug-likeness (QED) is 0.385. The van der Waals surface area contributed by atoms with Crippen LogP contribution in [0, 0.1) is 0 Å². The standard InChI is InChI=1S/C23H24N4O3.2ClH/c24-11-4-3-9-15(25)21(28)27-22(29)18-12-7-5-8-13(12)20-17(19(18)23(27)30)14-6-1-2-10-16(14)26-20;;/h1-2,6,10,15,26H,3-5,7-9,11,24-25H2;2*1H/t15-;;/m0../s1. The molecule has 32 heavy (non-hydrogen) atoms. The van der Waals surface area contributed by atoms with Crippen LogP contribution in [-0.2, 0) is 17.6 Å². The summed E-state index contributed by atoms with van der Waals surface area (Å²) >= 11 is 0. The van der Waals surface area contributed by atoms with Gasteiger partial charge < -0.3 is 16.5 Å². The van der Waals surface area contributed by atoms with Crippen LogP contribution in [0.3, 0.4) is 0 Å². The van der Waals surface area contributed by atoms with E-state index in [1.54, 1.807) is 0 Å². The Bertz CT molecular complexity index is 1240. The van der Waals surface area contributed by atoms with Crippen molar-refractivity contribution in [1.29, 1.82) is 0 Å². The Morgan fingerprint density at radius 2 is 1.72 bits per heavy atom. The van der Waals surface area contributed by atoms with Gasteiger partial charge in [-0.3, -0.25) is 14.4 Å². The normalized spacial score (nSPS) is 15.5. The minimum atomic E-state index is -0.898. The lowest BCUT2D eigenvalue weighted by atomic mass is 9.94. The molecule has 2 aliphatic rings. The van der Waals surface area contributed by atoms with Gasteiger partial charge in [0.25, 0.3) is 17.7 Å². The first-order valence-corrected chi connectivity index (χ1v) is 10.5. The number of hydrogen-bond donors (Lipinski definition) is 3. The van der Waals surface area contributed by atoms with Crippen LogP contribution in [0.5, 0.6) is 0 Å². The number of unbranched alkanes of at least 4 members (excludes halogenated alkanes) is 1. The highest BCUT2D eigenvalue weighted by atomic mass is 35.5. The molecule has 5 N–H and O–H groups in total. The summed E-state index contributed by atoms with van der Waals surface area (Å²) < 4.78 is 0. The van der Waals surface area contributed by atoms with E-state index in [1.807, 2.05) is 24.3 Å². The van der Waals surface area contributed by atoms with Crippen molar-refractivity contribution in [2.75, 3.05) is 6.54 Å². The number of nitrogens with two attached hydrogens (primary N) is 2. The number of aryl methyl sites for hydroxylation is 1. The molecule has 9 heteroatoms. The second kappa shape index (κ2) is 9.19. The fourth-order valence-corrected chi connectivity index (χ4v) is 4.96. The number of nitrogens with zero attached hydrogens (tertiary/aromatic N) is 1. The minimum Gasteiger partial charge on any atom is -0.354 e. The smallest absolute Gasteiger partial charge is 0.269 e. The number of aromatic amines is 1. The maximum atomic E-state index is 13.4. The molecule has 1 atom stereocenters. The molecule has 0 fully saturated rings. The number of hydrogen-bond acceptors (Lipinski definition) is 5. The first kappa shape index (κ1) is 24.2. The molecule has 0 unspecified atom stereocenters. The van der Waals surface area contributed by atoms with Gasteiger partial charge in [0.1, 0.15) is 0 Å². The van der Waals surface area contributed by atoms with Gasteiger partial charge in [-0.25, -0.2) is 4.90 Å². The molecule has 170 valence electrons. The van der Waals surface area contributed by atoms with Crippen LogP contribution < -0.4 is 11.5 Å². The highest BCUT2D eigenvalue weighted by Crippen LogP contribution is 2.43. The highest BCUT2D eigenvalue weighted by Gasteiger charge is 2.46. The highest BCUT2D eigenvalue weighted by molar-refractivity contribution is 6.36. The number of para-hydroxylation sites is 1. The molecule has 0 saturated carbocycles. The summed E-state index contributed by atoms with van der Waals surface area (Å²) in [5.41, 5.74) is 16.1. The first-order chi connectivity index (χ1) is 14.5. The Labute approximate surface area is 197 Å². The molecule has 7 nitrogen and oxygen atoms in total. The molecule has 0 bridgehead atoms. The molecule has 3 aromatic rings. The number of H-pyrrole nitrogens is 1. The fraction of sp³-hybridized carbons (Fsp3) is 0.348. The van der Waals surface area contributed by atoms with E-state index in [4.69, 9.17) is 11.5 Å². The lowest BCUT2D eigenvalue weighted by molar-refractivity contribution is -0.127. The van der Waals surface area contributed by atoms with Gasteiger partial charge in [0, 0.05) is 16.3 Å². The molecule has 5 rings (SSSR count). The maximum absolute atomic E-state index is 13.4. The molecular weight excluding hydrogens is 451 g/mol. The predicted molar refractivity (Wildman–Crippen MR) is 129 cm³/mol. The van der Waals surface area contributed by atoms with Crippen LogP contribution >= 0.6 is 24.8 Å². The largest absolute Gasteiger partial charge is 0.354 e. The van der Waals surface area contributed by atoms with Gasteiger partial charge in [-0.05, 0) is 55.8 Å². The van der Waals surface area contributed by atoms with Crippen LogP contribution in [0.4, 0.5) is 0 Å². The van der Waals surface area contributed by atoms with Crippen molar-refractivity contribution in [3.8, 4) is 0 Å². The van der Waals surface area contributed by atoms with E-state index in [2.05, 4.69) is 4.98 Å². The lowest BCUT2D eigenvalue weighted by Crippen LogP contribution is -2.46. The van der Waals surface area contributed by atoms with Gasteiger partial charge in [-0.2, -0.15) is 0 Å². The van der Waals surface area contributed by atoms with E-state index in [1.165, 1.54) is 0 Å². The topological polar surface area (TPSA) is 122 Å². The number of halogens is 2. The molecule has 3 amide bonds. The van der Waals surface area contributed by atoms with E-state index in [9.17, 15) is 14.4 Å². The van der Waals surface area contributed by atoms with E-state index < -0.39 is 23.8 Å². The van der Waals surface area contributed by atoms with E-state index in [0.717, 1.165) is 63.5 Å². The van der Waals surface area contributed by atoms with Gasteiger partial charge in [-0.15, -0.1) is 24.8 Å². The van der Waals surface area contributed by atoms with Crippen molar-refractivity contribution in [1.82, 2.24) is 9.88 Å². The third-order valence-electron chi connectivity index (χ3n) is 6.37. The molecule has 2 heterocycles. The zero-order chi connectivity index (χ0) is 21.0. The Balaban J connectivity index is 0.00000144. The van der Waals surface area contributed by atoms with E-state index in [-0.39, 0.29) is 24.8 Å². The maximum Gasteiger partial charge on any atom is 0.269 e. The second-order valence-corrected chi connectivity index (χ2v) is 8.16. The van der Waals surface area contributed by atoms with Crippen molar-refractivity contribution in [2.24, 2.45) is 11.5 Å². The van der Waals surface area contributed by atoms with Crippen molar-refractivity contribution >= 4 is 64.3 Å². The molecular formula is C23H26Cl2N4O3. The Morgan fingerprint density at radius 3 is 2.47 bits per heavy atom. The summed E-state index contributed by atoms with van der Waals surface area (Å²) in [5, 5.41) is 1.63. The van der Waals surface area contributed by atoms with Crippen LogP contribution in [0.15, 0.2) is 24.3 Å². The summed E-state index contributed by atoms with van der Waals surface area (Å²) in [6.45, 7) is 0.513. The zero-order valence-corrected chi connectivity index (χ0v) is 19.1. The van der Waals surface area contributed by atoms with Crippen molar-refractivity contribution < 1.29 is 14.4 Å². The molecule has 0 saturated heterocycles. The summed E-state index contributed by atoms with van der Waals surface area (Å²) in [7, 11) is 0. The van der Waals surface area contributed by atoms with Gasteiger partial charge in [0.2, 0.25) is 0 Å². The van der Waals surface area contributed by atoms with Crippen LogP contribution in [0.1, 0.15) is 57.5 Å². The number of carbonyl (C=O) groups excluding carboxylic acids is 3. The molecule has 0 spiro atoms. The Morgan fingerprint density at radius 1 is 1.03 bits per heavy atom. The first-order valence-electron chi connectivity index (χ1n) is 10.5. The summed E-state index contributed by atoms with van der Waals surface area (Å²) in [6, 6.07) is 6.84. The molecule has 1 aromatic heterocycles. The van der Waals surface area contributed by atoms with E-state index in [0.29, 0.717) is 30.5 Å². The SMILES string of the molecule is Cl.Cl.NCCCC[C@H](N)C(=O)N1C(=O)c2c3c(c4[nH]c5ccccc5c4c2C1=O)CCC3. The molecule has 1 aliphatic carbocycles. The van der Waals surface area contributed by atoms with Crippen LogP contribution in [0.2, 0.25) is 0 Å². The fourth-order valence-electron chi connectivity index (χ4n) is 4.96. The lowest BCUT2D eigenvalue weighted by Gasteiger charge is -2.17. The number of fused-ring (bicyclic) bond motifs is 8. The van der Waals surface area contributed by atoms with E-state index >= 15 is 0 Å². The van der Waals surface area contributed by atoms with Gasteiger partial charge in [0.15, 0.2) is 0 Å². The number of aromatic nitrogens is 1. The number of carbonyl (C=O) groups is 3. The van der Waals surface area contributed by atoms with Crippen molar-refractivity contribution in [3.63, 3.8) is 0 Å². The average Bonchev–Trinajstić information content (AvgIpc) is 3.42. The second-order valence-electron chi connectivity index (χ2n) is 8.16. The van der Waals surface area contributed by atoms with Gasteiger partial charge in [-0.1, -0.05) is 24.6 Å². The minimum absolute atomic E-state index is 0.